The molecule has 3 nitrogen and oxygen atoms in total. The highest BCUT2D eigenvalue weighted by molar-refractivity contribution is 6.30. The first-order valence-corrected chi connectivity index (χ1v) is 5.81. The fourth-order valence-electron chi connectivity index (χ4n) is 1.76. The number of aromatic nitrogens is 1. The summed E-state index contributed by atoms with van der Waals surface area (Å²) in [5.74, 6) is 0.744. The van der Waals surface area contributed by atoms with Gasteiger partial charge in [0.2, 0.25) is 0 Å². The van der Waals surface area contributed by atoms with Gasteiger partial charge in [-0.15, -0.1) is 0 Å². The number of hydrogen-bond acceptors (Lipinski definition) is 3. The Morgan fingerprint density at radius 2 is 2.56 bits per heavy atom. The molecule has 1 aromatic heterocycles. The van der Waals surface area contributed by atoms with E-state index in [0.717, 1.165) is 17.9 Å². The minimum atomic E-state index is 0.460. The average molecular weight is 239 g/mol. The topological polar surface area (TPSA) is 34.1 Å². The summed E-state index contributed by atoms with van der Waals surface area (Å²) in [5.41, 5.74) is 0.804. The highest BCUT2D eigenvalue weighted by atomic mass is 35.5. The van der Waals surface area contributed by atoms with Gasteiger partial charge in [0.1, 0.15) is 17.5 Å². The van der Waals surface area contributed by atoms with E-state index >= 15 is 0 Å². The van der Waals surface area contributed by atoms with Crippen molar-refractivity contribution in [1.29, 1.82) is 0 Å². The van der Waals surface area contributed by atoms with Crippen LogP contribution in [0.2, 0.25) is 5.15 Å². The molecule has 0 bridgehead atoms. The number of ether oxygens (including phenoxy) is 1. The molecule has 0 saturated carbocycles. The van der Waals surface area contributed by atoms with Crippen molar-refractivity contribution in [2.45, 2.75) is 18.9 Å². The van der Waals surface area contributed by atoms with Crippen LogP contribution in [0.5, 0.6) is 5.75 Å². The van der Waals surface area contributed by atoms with Crippen molar-refractivity contribution in [3.63, 3.8) is 0 Å². The third-order valence-electron chi connectivity index (χ3n) is 2.67. The molecule has 2 heterocycles. The molecule has 0 radical (unpaired) electrons. The van der Waals surface area contributed by atoms with E-state index in [2.05, 4.69) is 16.9 Å². The maximum absolute atomic E-state index is 5.87. The Kier molecular flexibility index (Phi) is 3.80. The van der Waals surface area contributed by atoms with Crippen molar-refractivity contribution in [3.8, 4) is 5.75 Å². The zero-order chi connectivity index (χ0) is 11.4. The second-order valence-corrected chi connectivity index (χ2v) is 4.22. The molecule has 1 aliphatic rings. The molecular formula is C12H15ClN2O. The SMILES string of the molecule is C=Cc1cc(OC[C@H]2CCCN2)cnc1Cl. The van der Waals surface area contributed by atoms with Crippen LogP contribution in [-0.4, -0.2) is 24.2 Å². The molecule has 2 rings (SSSR count). The third kappa shape index (κ3) is 2.74. The van der Waals surface area contributed by atoms with Crippen LogP contribution in [0, 0.1) is 0 Å². The van der Waals surface area contributed by atoms with Crippen molar-refractivity contribution in [3.05, 3.63) is 29.6 Å². The van der Waals surface area contributed by atoms with E-state index in [9.17, 15) is 0 Å². The molecule has 0 aromatic carbocycles. The maximum atomic E-state index is 5.87. The van der Waals surface area contributed by atoms with Gasteiger partial charge in [0.05, 0.1) is 6.20 Å². The van der Waals surface area contributed by atoms with Crippen LogP contribution in [0.25, 0.3) is 6.08 Å². The predicted molar refractivity (Wildman–Crippen MR) is 65.9 cm³/mol. The summed E-state index contributed by atoms with van der Waals surface area (Å²) in [6, 6.07) is 2.32. The maximum Gasteiger partial charge on any atom is 0.138 e. The van der Waals surface area contributed by atoms with Crippen molar-refractivity contribution < 1.29 is 4.74 Å². The first-order valence-electron chi connectivity index (χ1n) is 5.44. The first-order chi connectivity index (χ1) is 7.79. The van der Waals surface area contributed by atoms with E-state index in [1.807, 2.05) is 6.07 Å². The zero-order valence-corrected chi connectivity index (χ0v) is 9.83. The molecule has 1 fully saturated rings. The first kappa shape index (κ1) is 11.4. The normalized spacial score (nSPS) is 19.7. The standard InChI is InChI=1S/C12H15ClN2O/c1-2-9-6-11(7-15-12(9)13)16-8-10-4-3-5-14-10/h2,6-7,10,14H,1,3-5,8H2/t10-/m1/s1. The van der Waals surface area contributed by atoms with E-state index in [-0.39, 0.29) is 0 Å². The molecule has 1 aromatic rings. The van der Waals surface area contributed by atoms with Gasteiger partial charge in [-0.1, -0.05) is 24.3 Å². The summed E-state index contributed by atoms with van der Waals surface area (Å²) in [6.07, 6.45) is 5.72. The average Bonchev–Trinajstić information content (AvgIpc) is 2.81. The summed E-state index contributed by atoms with van der Waals surface area (Å²) in [4.78, 5) is 4.04. The van der Waals surface area contributed by atoms with Gasteiger partial charge >= 0.3 is 0 Å². The van der Waals surface area contributed by atoms with Gasteiger partial charge in [0.15, 0.2) is 0 Å². The van der Waals surface area contributed by atoms with Crippen molar-refractivity contribution in [2.24, 2.45) is 0 Å². The number of hydrogen-bond donors (Lipinski definition) is 1. The fraction of sp³-hybridized carbons (Fsp3) is 0.417. The van der Waals surface area contributed by atoms with Gasteiger partial charge in [0, 0.05) is 11.6 Å². The lowest BCUT2D eigenvalue weighted by Gasteiger charge is -2.12. The molecule has 0 spiro atoms. The van der Waals surface area contributed by atoms with Crippen LogP contribution in [0.15, 0.2) is 18.8 Å². The Bertz CT molecular complexity index is 375. The van der Waals surface area contributed by atoms with E-state index < -0.39 is 0 Å². The van der Waals surface area contributed by atoms with E-state index in [1.165, 1.54) is 12.8 Å². The Morgan fingerprint density at radius 3 is 3.25 bits per heavy atom. The molecular weight excluding hydrogens is 224 g/mol. The van der Waals surface area contributed by atoms with Crippen LogP contribution in [0.1, 0.15) is 18.4 Å². The Hall–Kier alpha value is -1.06. The smallest absolute Gasteiger partial charge is 0.138 e. The van der Waals surface area contributed by atoms with Crippen LogP contribution in [0.4, 0.5) is 0 Å². The lowest BCUT2D eigenvalue weighted by Crippen LogP contribution is -2.28. The highest BCUT2D eigenvalue weighted by Gasteiger charge is 2.14. The lowest BCUT2D eigenvalue weighted by atomic mass is 10.2. The van der Waals surface area contributed by atoms with Gasteiger partial charge < -0.3 is 10.1 Å². The third-order valence-corrected chi connectivity index (χ3v) is 2.99. The second kappa shape index (κ2) is 5.32. The number of nitrogens with zero attached hydrogens (tertiary/aromatic N) is 1. The molecule has 4 heteroatoms. The Morgan fingerprint density at radius 1 is 1.69 bits per heavy atom. The molecule has 86 valence electrons. The number of nitrogens with one attached hydrogen (secondary N) is 1. The molecule has 1 saturated heterocycles. The summed E-state index contributed by atoms with van der Waals surface area (Å²) in [7, 11) is 0. The minimum absolute atomic E-state index is 0.460. The van der Waals surface area contributed by atoms with Gasteiger partial charge in [-0.05, 0) is 25.5 Å². The van der Waals surface area contributed by atoms with Crippen LogP contribution in [0.3, 0.4) is 0 Å². The lowest BCUT2D eigenvalue weighted by molar-refractivity contribution is 0.276. The summed E-state index contributed by atoms with van der Waals surface area (Å²) < 4.78 is 5.66. The van der Waals surface area contributed by atoms with Crippen molar-refractivity contribution >= 4 is 17.7 Å². The molecule has 0 amide bonds. The minimum Gasteiger partial charge on any atom is -0.490 e. The summed E-state index contributed by atoms with van der Waals surface area (Å²) in [6.45, 7) is 5.45. The van der Waals surface area contributed by atoms with Crippen molar-refractivity contribution in [2.75, 3.05) is 13.2 Å². The molecule has 0 unspecified atom stereocenters. The second-order valence-electron chi connectivity index (χ2n) is 3.86. The molecule has 1 N–H and O–H groups in total. The fourth-order valence-corrected chi connectivity index (χ4v) is 1.94. The molecule has 0 aliphatic carbocycles. The van der Waals surface area contributed by atoms with E-state index in [4.69, 9.17) is 16.3 Å². The molecule has 1 aliphatic heterocycles. The van der Waals surface area contributed by atoms with Crippen LogP contribution >= 0.6 is 11.6 Å². The number of halogens is 1. The highest BCUT2D eigenvalue weighted by Crippen LogP contribution is 2.20. The van der Waals surface area contributed by atoms with Crippen LogP contribution in [-0.2, 0) is 0 Å². The largest absolute Gasteiger partial charge is 0.490 e. The van der Waals surface area contributed by atoms with E-state index in [1.54, 1.807) is 12.3 Å². The Labute approximate surface area is 100 Å². The zero-order valence-electron chi connectivity index (χ0n) is 9.08. The Balaban J connectivity index is 1.95. The summed E-state index contributed by atoms with van der Waals surface area (Å²) >= 11 is 5.87. The monoisotopic (exact) mass is 238 g/mol. The molecule has 1 atom stereocenters. The number of pyridine rings is 1. The summed E-state index contributed by atoms with van der Waals surface area (Å²) in [5, 5.41) is 3.83. The van der Waals surface area contributed by atoms with Gasteiger partial charge in [-0.2, -0.15) is 0 Å². The van der Waals surface area contributed by atoms with E-state index in [0.29, 0.717) is 17.8 Å². The quantitative estimate of drug-likeness (QED) is 0.819. The van der Waals surface area contributed by atoms with Crippen molar-refractivity contribution in [1.82, 2.24) is 10.3 Å². The van der Waals surface area contributed by atoms with Crippen LogP contribution < -0.4 is 10.1 Å². The van der Waals surface area contributed by atoms with Gasteiger partial charge in [-0.25, -0.2) is 4.98 Å². The molecule has 16 heavy (non-hydrogen) atoms. The number of rotatable bonds is 4. The van der Waals surface area contributed by atoms with Gasteiger partial charge in [-0.3, -0.25) is 0 Å². The van der Waals surface area contributed by atoms with Gasteiger partial charge in [0.25, 0.3) is 0 Å². The predicted octanol–water partition coefficient (Wildman–Crippen LogP) is 2.51.